The highest BCUT2D eigenvalue weighted by atomic mass is 28.3. The van der Waals surface area contributed by atoms with E-state index < -0.39 is 31.8 Å². The molecule has 0 heterocycles. The van der Waals surface area contributed by atoms with Gasteiger partial charge in [0.2, 0.25) is 0 Å². The summed E-state index contributed by atoms with van der Waals surface area (Å²) in [4.78, 5) is 23.4. The minimum atomic E-state index is -1.44. The third-order valence-corrected chi connectivity index (χ3v) is 10.6. The van der Waals surface area contributed by atoms with E-state index in [1.54, 1.807) is 20.8 Å². The molecule has 0 aliphatic heterocycles. The lowest BCUT2D eigenvalue weighted by atomic mass is 10.1. The van der Waals surface area contributed by atoms with E-state index in [1.165, 1.54) is 23.3 Å². The molecule has 0 aliphatic rings. The molecule has 1 rings (SSSR count). The van der Waals surface area contributed by atoms with Crippen LogP contribution in [0.1, 0.15) is 47.1 Å². The van der Waals surface area contributed by atoms with Crippen molar-refractivity contribution in [1.82, 2.24) is 5.32 Å². The molecule has 146 valence electrons. The Morgan fingerprint density at radius 3 is 1.96 bits per heavy atom. The van der Waals surface area contributed by atoms with Gasteiger partial charge in [-0.3, -0.25) is 0 Å². The fourth-order valence-corrected chi connectivity index (χ4v) is 6.84. The molecule has 0 fully saturated rings. The second-order valence-corrected chi connectivity index (χ2v) is 13.0. The van der Waals surface area contributed by atoms with E-state index in [0.717, 1.165) is 5.56 Å². The van der Waals surface area contributed by atoms with Crippen LogP contribution in [0.3, 0.4) is 0 Å². The van der Waals surface area contributed by atoms with Crippen molar-refractivity contribution in [2.24, 2.45) is 0 Å². The summed E-state index contributed by atoms with van der Waals surface area (Å²) in [6, 6.07) is 10.9. The minimum Gasteiger partial charge on any atom is -0.480 e. The van der Waals surface area contributed by atoms with Gasteiger partial charge in [-0.2, -0.15) is 0 Å². The number of carbonyl (C=O) groups excluding carboxylic acids is 1. The molecule has 6 heteroatoms. The predicted molar refractivity (Wildman–Crippen MR) is 108 cm³/mol. The first-order chi connectivity index (χ1) is 12.1. The Morgan fingerprint density at radius 1 is 1.08 bits per heavy atom. The molecule has 0 radical (unpaired) electrons. The Bertz CT molecular complexity index is 595. The summed E-state index contributed by atoms with van der Waals surface area (Å²) in [6.45, 7) is 12.0. The molecule has 1 aromatic rings. The number of carboxylic acid groups (broad SMARTS) is 1. The zero-order chi connectivity index (χ0) is 20.0. The summed E-state index contributed by atoms with van der Waals surface area (Å²) in [6.07, 6.45) is -0.482. The number of hydrogen-bond donors (Lipinski definition) is 2. The summed E-state index contributed by atoms with van der Waals surface area (Å²) in [5, 5.41) is 13.3. The summed E-state index contributed by atoms with van der Waals surface area (Å²) >= 11 is 0. The number of aliphatic carboxylic acids is 1. The van der Waals surface area contributed by atoms with E-state index in [0.29, 0.717) is 0 Å². The summed E-state index contributed by atoms with van der Waals surface area (Å²) in [5.74, 6) is -1.07. The van der Waals surface area contributed by atoms with Crippen molar-refractivity contribution >= 4 is 25.3 Å². The maximum absolute atomic E-state index is 11.9. The Morgan fingerprint density at radius 2 is 1.58 bits per heavy atom. The number of nitrogens with one attached hydrogen (secondary N) is 1. The average molecular weight is 380 g/mol. The van der Waals surface area contributed by atoms with E-state index in [2.05, 4.69) is 38.2 Å². The van der Waals surface area contributed by atoms with E-state index >= 15 is 0 Å². The van der Waals surface area contributed by atoms with Crippen LogP contribution in [0.4, 0.5) is 4.79 Å². The molecule has 5 nitrogen and oxygen atoms in total. The smallest absolute Gasteiger partial charge is 0.408 e. The number of amides is 1. The topological polar surface area (TPSA) is 75.6 Å². The third kappa shape index (κ3) is 6.16. The number of carboxylic acids is 1. The molecular weight excluding hydrogens is 346 g/mol. The monoisotopic (exact) mass is 379 g/mol. The highest BCUT2D eigenvalue weighted by Crippen LogP contribution is 2.20. The standard InChI is InChI=1S/C20H33NO4Si/c1-7-26(8-2,9-3)16-12-10-15(11-13-16)14-17(18(22)23)21-19(24)25-20(4,5)6/h10-13,17H,7-9,14H2,1-6H3,(H,21,24)(H,22,23)/t17-/m0/s1. The van der Waals surface area contributed by atoms with Crippen LogP contribution in [-0.2, 0) is 16.0 Å². The van der Waals surface area contributed by atoms with Gasteiger partial charge in [-0.05, 0) is 26.3 Å². The van der Waals surface area contributed by atoms with Gasteiger partial charge >= 0.3 is 12.1 Å². The quantitative estimate of drug-likeness (QED) is 0.671. The number of benzene rings is 1. The van der Waals surface area contributed by atoms with Crippen molar-refractivity contribution in [3.05, 3.63) is 29.8 Å². The lowest BCUT2D eigenvalue weighted by Gasteiger charge is -2.29. The highest BCUT2D eigenvalue weighted by Gasteiger charge is 2.29. The number of hydrogen-bond acceptors (Lipinski definition) is 3. The Kier molecular flexibility index (Phi) is 7.87. The Labute approximate surface area is 158 Å². The highest BCUT2D eigenvalue weighted by molar-refractivity contribution is 6.91. The van der Waals surface area contributed by atoms with Crippen LogP contribution < -0.4 is 10.5 Å². The van der Waals surface area contributed by atoms with E-state index in [4.69, 9.17) is 4.74 Å². The van der Waals surface area contributed by atoms with Crippen molar-refractivity contribution < 1.29 is 19.4 Å². The van der Waals surface area contributed by atoms with Gasteiger partial charge in [-0.15, -0.1) is 0 Å². The van der Waals surface area contributed by atoms with Crippen LogP contribution in [0.15, 0.2) is 24.3 Å². The molecular formula is C20H33NO4Si. The molecule has 0 unspecified atom stereocenters. The van der Waals surface area contributed by atoms with Gasteiger partial charge in [0.15, 0.2) is 0 Å². The summed E-state index contributed by atoms with van der Waals surface area (Å²) < 4.78 is 5.16. The first-order valence-corrected chi connectivity index (χ1v) is 12.0. The van der Waals surface area contributed by atoms with E-state index in [-0.39, 0.29) is 6.42 Å². The van der Waals surface area contributed by atoms with Gasteiger partial charge in [-0.25, -0.2) is 9.59 Å². The zero-order valence-corrected chi connectivity index (χ0v) is 17.9. The van der Waals surface area contributed by atoms with Crippen molar-refractivity contribution in [1.29, 1.82) is 0 Å². The number of carbonyl (C=O) groups is 2. The summed E-state index contributed by atoms with van der Waals surface area (Å²) in [5.41, 5.74) is 0.229. The number of ether oxygens (including phenoxy) is 1. The zero-order valence-electron chi connectivity index (χ0n) is 16.9. The van der Waals surface area contributed by atoms with Gasteiger partial charge in [0, 0.05) is 6.42 Å². The van der Waals surface area contributed by atoms with Crippen molar-refractivity contribution in [3.63, 3.8) is 0 Å². The first kappa shape index (κ1) is 22.2. The first-order valence-electron chi connectivity index (χ1n) is 9.38. The molecule has 1 aromatic carbocycles. The van der Waals surface area contributed by atoms with Crippen molar-refractivity contribution in [3.8, 4) is 0 Å². The largest absolute Gasteiger partial charge is 0.480 e. The predicted octanol–water partition coefficient (Wildman–Crippen LogP) is 3.92. The van der Waals surface area contributed by atoms with Gasteiger partial charge < -0.3 is 15.2 Å². The van der Waals surface area contributed by atoms with Gasteiger partial charge in [0.1, 0.15) is 11.6 Å². The molecule has 26 heavy (non-hydrogen) atoms. The minimum absolute atomic E-state index is 0.230. The molecule has 0 saturated carbocycles. The van der Waals surface area contributed by atoms with Gasteiger partial charge in [0.25, 0.3) is 0 Å². The normalized spacial score (nSPS) is 13.2. The number of rotatable bonds is 8. The third-order valence-electron chi connectivity index (χ3n) is 5.03. The molecule has 0 aromatic heterocycles. The van der Waals surface area contributed by atoms with E-state index in [9.17, 15) is 14.7 Å². The lowest BCUT2D eigenvalue weighted by molar-refractivity contribution is -0.139. The molecule has 0 spiro atoms. The SMILES string of the molecule is CC[Si](CC)(CC)c1ccc(C[C@H](NC(=O)OC(C)(C)C)C(=O)O)cc1. The molecule has 0 bridgehead atoms. The maximum Gasteiger partial charge on any atom is 0.408 e. The van der Waals surface area contributed by atoms with E-state index in [1.807, 2.05) is 12.1 Å². The maximum atomic E-state index is 11.9. The molecule has 1 atom stereocenters. The van der Waals surface area contributed by atoms with Gasteiger partial charge in [0.05, 0.1) is 8.07 Å². The fraction of sp³-hybridized carbons (Fsp3) is 0.600. The van der Waals surface area contributed by atoms with Crippen LogP contribution in [0.5, 0.6) is 0 Å². The summed E-state index contributed by atoms with van der Waals surface area (Å²) in [7, 11) is -1.44. The molecule has 2 N–H and O–H groups in total. The van der Waals surface area contributed by atoms with Crippen LogP contribution in [-0.4, -0.2) is 36.9 Å². The second-order valence-electron chi connectivity index (χ2n) is 7.78. The van der Waals surface area contributed by atoms with Crippen LogP contribution in [0.2, 0.25) is 18.1 Å². The van der Waals surface area contributed by atoms with Gasteiger partial charge in [-0.1, -0.05) is 68.4 Å². The Hall–Kier alpha value is -1.82. The average Bonchev–Trinajstić information content (AvgIpc) is 2.56. The van der Waals surface area contributed by atoms with Crippen molar-refractivity contribution in [2.75, 3.05) is 0 Å². The second kappa shape index (κ2) is 9.21. The van der Waals surface area contributed by atoms with Crippen LogP contribution in [0, 0.1) is 0 Å². The fourth-order valence-electron chi connectivity index (χ4n) is 3.24. The van der Waals surface area contributed by atoms with Crippen LogP contribution >= 0.6 is 0 Å². The lowest BCUT2D eigenvalue weighted by Crippen LogP contribution is -2.46. The molecule has 0 saturated heterocycles. The number of alkyl carbamates (subject to hydrolysis) is 1. The Balaban J connectivity index is 2.87. The molecule has 1 amide bonds. The molecule has 0 aliphatic carbocycles. The van der Waals surface area contributed by atoms with Crippen LogP contribution in [0.25, 0.3) is 0 Å². The van der Waals surface area contributed by atoms with Crippen molar-refractivity contribution in [2.45, 2.75) is 77.7 Å².